The van der Waals surface area contributed by atoms with Gasteiger partial charge in [0.1, 0.15) is 0 Å². The molecule has 2 N–H and O–H groups in total. The average molecular weight is 497 g/mol. The molecule has 0 saturated heterocycles. The Balaban J connectivity index is 1.44. The number of hydrogen-bond donors (Lipinski definition) is 2. The van der Waals surface area contributed by atoms with Crippen molar-refractivity contribution in [2.24, 2.45) is 0 Å². The summed E-state index contributed by atoms with van der Waals surface area (Å²) in [4.78, 5) is 30.0. The molecule has 0 spiro atoms. The van der Waals surface area contributed by atoms with Gasteiger partial charge in [0.05, 0.1) is 41.1 Å². The van der Waals surface area contributed by atoms with Gasteiger partial charge in [0.25, 0.3) is 0 Å². The Labute approximate surface area is 204 Å². The van der Waals surface area contributed by atoms with Gasteiger partial charge in [-0.1, -0.05) is 19.1 Å². The number of rotatable bonds is 10. The number of aromatic nitrogens is 4. The molecule has 0 bridgehead atoms. The van der Waals surface area contributed by atoms with E-state index in [9.17, 15) is 13.2 Å². The fraction of sp³-hybridized carbons (Fsp3) is 0.375. The lowest BCUT2D eigenvalue weighted by atomic mass is 10.0. The molecule has 35 heavy (non-hydrogen) atoms. The second kappa shape index (κ2) is 10.3. The van der Waals surface area contributed by atoms with Crippen LogP contribution >= 0.6 is 0 Å². The number of sulfonamides is 1. The van der Waals surface area contributed by atoms with E-state index in [0.717, 1.165) is 5.56 Å². The van der Waals surface area contributed by atoms with Crippen LogP contribution < -0.4 is 14.8 Å². The summed E-state index contributed by atoms with van der Waals surface area (Å²) in [5.74, 6) is -0.390. The quantitative estimate of drug-likeness (QED) is 0.433. The standard InChI is InChI=1S/C24H28N6O4S/c1-4-19(20-11-12-26-24(29-20)30-35(32,33)18-9-10-18)23(31)27-17-7-5-16(6-8-17)21-13-25-14-22(28-21)34-15(2)3/h5-8,11-15,18-19H,4,9-10H2,1-3H3,(H,27,31)(H,26,29,30). The van der Waals surface area contributed by atoms with Gasteiger partial charge < -0.3 is 10.1 Å². The number of nitrogens with one attached hydrogen (secondary N) is 2. The molecule has 10 nitrogen and oxygen atoms in total. The van der Waals surface area contributed by atoms with Gasteiger partial charge in [0, 0.05) is 17.4 Å². The minimum Gasteiger partial charge on any atom is -0.474 e. The zero-order valence-corrected chi connectivity index (χ0v) is 20.6. The molecule has 11 heteroatoms. The number of amides is 1. The summed E-state index contributed by atoms with van der Waals surface area (Å²) < 4.78 is 32.4. The molecule has 0 radical (unpaired) electrons. The number of carbonyl (C=O) groups is 1. The lowest BCUT2D eigenvalue weighted by Crippen LogP contribution is -2.23. The summed E-state index contributed by atoms with van der Waals surface area (Å²) in [6, 6.07) is 8.88. The van der Waals surface area contributed by atoms with Crippen molar-refractivity contribution in [1.82, 2.24) is 19.9 Å². The van der Waals surface area contributed by atoms with Gasteiger partial charge in [-0.2, -0.15) is 0 Å². The Morgan fingerprint density at radius 2 is 1.86 bits per heavy atom. The van der Waals surface area contributed by atoms with E-state index in [0.29, 0.717) is 42.2 Å². The SMILES string of the molecule is CCC(C(=O)Nc1ccc(-c2cncc(OC(C)C)n2)cc1)c1ccnc(NS(=O)(=O)C2CC2)n1. The van der Waals surface area contributed by atoms with Crippen LogP contribution in [0.25, 0.3) is 11.3 Å². The molecule has 2 heterocycles. The number of nitrogens with zero attached hydrogens (tertiary/aromatic N) is 4. The van der Waals surface area contributed by atoms with Gasteiger partial charge in [-0.05, 0) is 51.3 Å². The second-order valence-electron chi connectivity index (χ2n) is 8.59. The average Bonchev–Trinajstić information content (AvgIpc) is 3.66. The Kier molecular flexibility index (Phi) is 7.25. The highest BCUT2D eigenvalue weighted by molar-refractivity contribution is 7.93. The van der Waals surface area contributed by atoms with Crippen molar-refractivity contribution in [1.29, 1.82) is 0 Å². The van der Waals surface area contributed by atoms with E-state index in [-0.39, 0.29) is 23.2 Å². The summed E-state index contributed by atoms with van der Waals surface area (Å²) in [5, 5.41) is 2.52. The third-order valence-corrected chi connectivity index (χ3v) is 7.19. The topological polar surface area (TPSA) is 136 Å². The van der Waals surface area contributed by atoms with E-state index in [2.05, 4.69) is 30.0 Å². The van der Waals surface area contributed by atoms with Crippen LogP contribution in [-0.4, -0.2) is 45.6 Å². The predicted octanol–water partition coefficient (Wildman–Crippen LogP) is 3.76. The lowest BCUT2D eigenvalue weighted by molar-refractivity contribution is -0.117. The first-order valence-electron chi connectivity index (χ1n) is 11.5. The van der Waals surface area contributed by atoms with Gasteiger partial charge in [-0.15, -0.1) is 0 Å². The molecule has 0 aliphatic heterocycles. The van der Waals surface area contributed by atoms with Gasteiger partial charge in [-0.25, -0.2) is 23.4 Å². The Morgan fingerprint density at radius 3 is 2.51 bits per heavy atom. The Hall–Kier alpha value is -3.60. The number of carbonyl (C=O) groups excluding carboxylic acids is 1. The summed E-state index contributed by atoms with van der Waals surface area (Å²) in [5.41, 5.74) is 2.56. The number of ether oxygens (including phenoxy) is 1. The first-order valence-corrected chi connectivity index (χ1v) is 13.0. The normalized spacial score (nSPS) is 14.4. The van der Waals surface area contributed by atoms with Gasteiger partial charge >= 0.3 is 0 Å². The van der Waals surface area contributed by atoms with E-state index < -0.39 is 15.9 Å². The summed E-state index contributed by atoms with van der Waals surface area (Å²) in [7, 11) is -3.49. The predicted molar refractivity (Wildman–Crippen MR) is 132 cm³/mol. The highest BCUT2D eigenvalue weighted by Crippen LogP contribution is 2.29. The van der Waals surface area contributed by atoms with Gasteiger partial charge in [-0.3, -0.25) is 14.5 Å². The van der Waals surface area contributed by atoms with Crippen LogP contribution in [0.1, 0.15) is 51.6 Å². The van der Waals surface area contributed by atoms with Crippen LogP contribution in [0.2, 0.25) is 0 Å². The van der Waals surface area contributed by atoms with Crippen molar-refractivity contribution in [3.05, 3.63) is 54.6 Å². The van der Waals surface area contributed by atoms with Crippen molar-refractivity contribution in [2.45, 2.75) is 57.3 Å². The first kappa shape index (κ1) is 24.5. The van der Waals surface area contributed by atoms with E-state index in [1.807, 2.05) is 32.9 Å². The van der Waals surface area contributed by atoms with Crippen molar-refractivity contribution >= 4 is 27.6 Å². The molecule has 184 valence electrons. The fourth-order valence-corrected chi connectivity index (χ4v) is 4.75. The van der Waals surface area contributed by atoms with Crippen LogP contribution in [0.3, 0.4) is 0 Å². The van der Waals surface area contributed by atoms with E-state index in [1.165, 1.54) is 6.20 Å². The van der Waals surface area contributed by atoms with Crippen molar-refractivity contribution in [3.8, 4) is 17.1 Å². The van der Waals surface area contributed by atoms with Crippen molar-refractivity contribution < 1.29 is 17.9 Å². The molecule has 1 unspecified atom stereocenters. The molecule has 1 atom stereocenters. The fourth-order valence-electron chi connectivity index (χ4n) is 3.47. The summed E-state index contributed by atoms with van der Waals surface area (Å²) >= 11 is 0. The molecular weight excluding hydrogens is 468 g/mol. The number of hydrogen-bond acceptors (Lipinski definition) is 8. The maximum atomic E-state index is 13.0. The Morgan fingerprint density at radius 1 is 1.11 bits per heavy atom. The molecule has 1 fully saturated rings. The van der Waals surface area contributed by atoms with Gasteiger partial charge in [0.15, 0.2) is 0 Å². The maximum Gasteiger partial charge on any atom is 0.237 e. The highest BCUT2D eigenvalue weighted by Gasteiger charge is 2.36. The number of benzene rings is 1. The molecule has 4 rings (SSSR count). The van der Waals surface area contributed by atoms with Crippen molar-refractivity contribution in [2.75, 3.05) is 10.0 Å². The largest absolute Gasteiger partial charge is 0.474 e. The third-order valence-electron chi connectivity index (χ3n) is 5.37. The van der Waals surface area contributed by atoms with Gasteiger partial charge in [0.2, 0.25) is 27.8 Å². The molecule has 1 aliphatic rings. The number of anilines is 2. The molecule has 2 aromatic heterocycles. The van der Waals surface area contributed by atoms with Crippen LogP contribution in [0.15, 0.2) is 48.9 Å². The second-order valence-corrected chi connectivity index (χ2v) is 10.5. The zero-order chi connectivity index (χ0) is 25.0. The van der Waals surface area contributed by atoms with E-state index in [4.69, 9.17) is 4.74 Å². The maximum absolute atomic E-state index is 13.0. The summed E-state index contributed by atoms with van der Waals surface area (Å²) in [6.45, 7) is 5.71. The molecule has 1 aromatic carbocycles. The Bertz CT molecular complexity index is 1290. The molecular formula is C24H28N6O4S. The first-order chi connectivity index (χ1) is 16.7. The summed E-state index contributed by atoms with van der Waals surface area (Å²) in [6.07, 6.45) is 6.42. The van der Waals surface area contributed by atoms with Crippen LogP contribution in [-0.2, 0) is 14.8 Å². The van der Waals surface area contributed by atoms with E-state index >= 15 is 0 Å². The molecule has 1 aliphatic carbocycles. The molecule has 1 saturated carbocycles. The smallest absolute Gasteiger partial charge is 0.237 e. The molecule has 1 amide bonds. The van der Waals surface area contributed by atoms with Crippen LogP contribution in [0, 0.1) is 0 Å². The molecule has 3 aromatic rings. The van der Waals surface area contributed by atoms with Crippen LogP contribution in [0.4, 0.5) is 11.6 Å². The highest BCUT2D eigenvalue weighted by atomic mass is 32.2. The third kappa shape index (κ3) is 6.30. The minimum atomic E-state index is -3.49. The van der Waals surface area contributed by atoms with Crippen LogP contribution in [0.5, 0.6) is 5.88 Å². The zero-order valence-electron chi connectivity index (χ0n) is 19.8. The monoisotopic (exact) mass is 496 g/mol. The lowest BCUT2D eigenvalue weighted by Gasteiger charge is -2.16. The van der Waals surface area contributed by atoms with Crippen molar-refractivity contribution in [3.63, 3.8) is 0 Å². The van der Waals surface area contributed by atoms with E-state index in [1.54, 1.807) is 30.6 Å². The minimum absolute atomic E-state index is 0.00649.